The molecule has 0 saturated heterocycles. The molecule has 0 aliphatic heterocycles. The molecule has 0 bridgehead atoms. The predicted molar refractivity (Wildman–Crippen MR) is 127 cm³/mol. The van der Waals surface area contributed by atoms with Crippen LogP contribution in [0.3, 0.4) is 0 Å². The average molecular weight is 423 g/mol. The molecule has 4 heterocycles. The van der Waals surface area contributed by atoms with E-state index in [9.17, 15) is 0 Å². The van der Waals surface area contributed by atoms with Crippen LogP contribution in [0.1, 0.15) is 22.3 Å². The predicted octanol–water partition coefficient (Wildman–Crippen LogP) is 2.99. The molecule has 0 unspecified atom stereocenters. The van der Waals surface area contributed by atoms with Gasteiger partial charge in [-0.15, -0.1) is 0 Å². The molecule has 4 heteroatoms. The highest BCUT2D eigenvalue weighted by molar-refractivity contribution is 5.72. The van der Waals surface area contributed by atoms with E-state index in [0.29, 0.717) is 0 Å². The summed E-state index contributed by atoms with van der Waals surface area (Å²) in [5.41, 5.74) is 7.04. The second-order valence-corrected chi connectivity index (χ2v) is 8.17. The molecule has 4 rings (SSSR count). The first-order valence-electron chi connectivity index (χ1n) is 10.7. The molecule has 0 radical (unpaired) electrons. The maximum atomic E-state index is 2.24. The van der Waals surface area contributed by atoms with E-state index in [1.165, 1.54) is 22.3 Å². The molecule has 0 aliphatic rings. The lowest BCUT2D eigenvalue weighted by Gasteiger charge is -2.02. The third-order valence-corrected chi connectivity index (χ3v) is 5.56. The van der Waals surface area contributed by atoms with Crippen LogP contribution in [0, 0.1) is 0 Å². The summed E-state index contributed by atoms with van der Waals surface area (Å²) in [7, 11) is 8.24. The number of pyridine rings is 4. The van der Waals surface area contributed by atoms with Crippen molar-refractivity contribution < 1.29 is 18.3 Å². The van der Waals surface area contributed by atoms with Gasteiger partial charge in [-0.3, -0.25) is 0 Å². The molecule has 32 heavy (non-hydrogen) atoms. The van der Waals surface area contributed by atoms with Gasteiger partial charge in [0.1, 0.15) is 28.2 Å². The first-order chi connectivity index (χ1) is 15.5. The highest BCUT2D eigenvalue weighted by atomic mass is 15.0. The minimum Gasteiger partial charge on any atom is -0.208 e. The van der Waals surface area contributed by atoms with Gasteiger partial charge in [0, 0.05) is 48.5 Å². The summed E-state index contributed by atoms with van der Waals surface area (Å²) in [4.78, 5) is 0. The highest BCUT2D eigenvalue weighted by Crippen LogP contribution is 2.17. The fourth-order valence-electron chi connectivity index (χ4n) is 3.52. The Bertz CT molecular complexity index is 1180. The Morgan fingerprint density at radius 3 is 1.12 bits per heavy atom. The van der Waals surface area contributed by atoms with Gasteiger partial charge >= 0.3 is 0 Å². The molecule has 0 fully saturated rings. The second kappa shape index (κ2) is 9.48. The lowest BCUT2D eigenvalue weighted by Crippen LogP contribution is -2.38. The summed E-state index contributed by atoms with van der Waals surface area (Å²) in [6.45, 7) is 0. The Labute approximate surface area is 190 Å². The average Bonchev–Trinajstić information content (AvgIpc) is 2.80. The van der Waals surface area contributed by atoms with Gasteiger partial charge in [0.2, 0.25) is 0 Å². The zero-order chi connectivity index (χ0) is 22.5. The standard InChI is InChI=1S/C28H30N4/c1-29-15-9-23(10-16-29)5-7-25-13-19-31(3)27(21-25)28-22-26(14-20-32(28)4)8-6-24-11-17-30(2)18-12-24/h5-22H,1-4H3/q+4/b7-5+,8-6+. The van der Waals surface area contributed by atoms with Gasteiger partial charge in [-0.05, 0) is 22.3 Å². The van der Waals surface area contributed by atoms with Gasteiger partial charge in [0.05, 0.1) is 0 Å². The summed E-state index contributed by atoms with van der Waals surface area (Å²) < 4.78 is 8.41. The Morgan fingerprint density at radius 1 is 0.438 bits per heavy atom. The number of rotatable bonds is 5. The topological polar surface area (TPSA) is 15.5 Å². The number of aromatic nitrogens is 4. The molecule has 0 saturated carbocycles. The van der Waals surface area contributed by atoms with Gasteiger partial charge < -0.3 is 0 Å². The number of nitrogens with zero attached hydrogens (tertiary/aromatic N) is 4. The van der Waals surface area contributed by atoms with Gasteiger partial charge in [0.25, 0.3) is 11.4 Å². The molecule has 158 valence electrons. The number of hydrogen-bond donors (Lipinski definition) is 0. The molecular formula is C28H30N4+4. The van der Waals surface area contributed by atoms with E-state index < -0.39 is 0 Å². The second-order valence-electron chi connectivity index (χ2n) is 8.17. The maximum Gasteiger partial charge on any atom is 0.277 e. The quantitative estimate of drug-likeness (QED) is 0.440. The number of aryl methyl sites for hydroxylation is 4. The lowest BCUT2D eigenvalue weighted by atomic mass is 10.1. The van der Waals surface area contributed by atoms with Crippen LogP contribution in [0.15, 0.2) is 85.7 Å². The van der Waals surface area contributed by atoms with E-state index in [1.54, 1.807) is 0 Å². The largest absolute Gasteiger partial charge is 0.277 e. The van der Waals surface area contributed by atoms with Gasteiger partial charge in [-0.1, -0.05) is 24.3 Å². The molecule has 4 nitrogen and oxygen atoms in total. The summed E-state index contributed by atoms with van der Waals surface area (Å²) in [6.07, 6.45) is 21.1. The van der Waals surface area contributed by atoms with Crippen molar-refractivity contribution in [3.8, 4) is 11.4 Å². The molecule has 0 N–H and O–H groups in total. The van der Waals surface area contributed by atoms with Crippen molar-refractivity contribution in [3.63, 3.8) is 0 Å². The SMILES string of the molecule is C[n+]1ccc(/C=C/c2cc[n+](C)c(-c3cc(/C=C/c4cc[n+](C)cc4)cc[n+]3C)c2)cc1. The van der Waals surface area contributed by atoms with Crippen LogP contribution in [0.4, 0.5) is 0 Å². The van der Waals surface area contributed by atoms with Crippen molar-refractivity contribution in [2.45, 2.75) is 0 Å². The summed E-state index contributed by atoms with van der Waals surface area (Å²) in [5.74, 6) is 0. The van der Waals surface area contributed by atoms with Crippen LogP contribution in [-0.4, -0.2) is 0 Å². The van der Waals surface area contributed by atoms with Gasteiger partial charge in [-0.2, -0.15) is 9.13 Å². The van der Waals surface area contributed by atoms with E-state index >= 15 is 0 Å². The van der Waals surface area contributed by atoms with Crippen LogP contribution >= 0.6 is 0 Å². The minimum absolute atomic E-state index is 1.16. The molecule has 4 aromatic heterocycles. The van der Waals surface area contributed by atoms with Crippen LogP contribution in [-0.2, 0) is 28.2 Å². The van der Waals surface area contributed by atoms with E-state index in [0.717, 1.165) is 11.4 Å². The Morgan fingerprint density at radius 2 is 0.750 bits per heavy atom. The molecule has 0 atom stereocenters. The summed E-state index contributed by atoms with van der Waals surface area (Å²) in [6, 6.07) is 17.2. The van der Waals surface area contributed by atoms with Crippen molar-refractivity contribution >= 4 is 24.3 Å². The molecular weight excluding hydrogens is 392 g/mol. The fraction of sp³-hybridized carbons (Fsp3) is 0.143. The van der Waals surface area contributed by atoms with Crippen molar-refractivity contribution in [2.24, 2.45) is 28.2 Å². The van der Waals surface area contributed by atoms with Crippen molar-refractivity contribution in [2.75, 3.05) is 0 Å². The molecule has 0 aromatic carbocycles. The zero-order valence-electron chi connectivity index (χ0n) is 19.2. The van der Waals surface area contributed by atoms with E-state index in [4.69, 9.17) is 0 Å². The van der Waals surface area contributed by atoms with Gasteiger partial charge in [0.15, 0.2) is 37.2 Å². The molecule has 0 amide bonds. The van der Waals surface area contributed by atoms with E-state index in [2.05, 4.69) is 133 Å². The van der Waals surface area contributed by atoms with E-state index in [1.807, 2.05) is 23.2 Å². The van der Waals surface area contributed by atoms with Crippen molar-refractivity contribution in [1.29, 1.82) is 0 Å². The third-order valence-electron chi connectivity index (χ3n) is 5.56. The van der Waals surface area contributed by atoms with Crippen LogP contribution in [0.5, 0.6) is 0 Å². The summed E-state index contributed by atoms with van der Waals surface area (Å²) in [5, 5.41) is 0. The van der Waals surface area contributed by atoms with Crippen molar-refractivity contribution in [1.82, 2.24) is 0 Å². The Balaban J connectivity index is 1.63. The Kier molecular flexibility index (Phi) is 6.31. The van der Waals surface area contributed by atoms with Crippen LogP contribution < -0.4 is 18.3 Å². The normalized spacial score (nSPS) is 11.5. The summed E-state index contributed by atoms with van der Waals surface area (Å²) >= 11 is 0. The first-order valence-corrected chi connectivity index (χ1v) is 10.7. The molecule has 0 aliphatic carbocycles. The smallest absolute Gasteiger partial charge is 0.208 e. The van der Waals surface area contributed by atoms with Crippen molar-refractivity contribution in [3.05, 3.63) is 108 Å². The maximum absolute atomic E-state index is 2.24. The monoisotopic (exact) mass is 422 g/mol. The highest BCUT2D eigenvalue weighted by Gasteiger charge is 2.20. The molecule has 0 spiro atoms. The van der Waals surface area contributed by atoms with E-state index in [-0.39, 0.29) is 0 Å². The first kappa shape index (κ1) is 21.3. The van der Waals surface area contributed by atoms with Crippen LogP contribution in [0.2, 0.25) is 0 Å². The Hall–Kier alpha value is -3.92. The number of hydrogen-bond acceptors (Lipinski definition) is 0. The van der Waals surface area contributed by atoms with Crippen LogP contribution in [0.25, 0.3) is 35.7 Å². The molecule has 4 aromatic rings. The minimum atomic E-state index is 1.16. The fourth-order valence-corrected chi connectivity index (χ4v) is 3.52. The lowest BCUT2D eigenvalue weighted by molar-refractivity contribution is -0.690. The van der Waals surface area contributed by atoms with Gasteiger partial charge in [-0.25, -0.2) is 9.13 Å². The zero-order valence-corrected chi connectivity index (χ0v) is 19.2. The third kappa shape index (κ3) is 5.22.